The number of anilines is 1. The van der Waals surface area contributed by atoms with Crippen molar-refractivity contribution >= 4 is 31.5 Å². The summed E-state index contributed by atoms with van der Waals surface area (Å²) < 4.78 is 63.1. The van der Waals surface area contributed by atoms with Gasteiger partial charge in [-0.3, -0.25) is 4.79 Å². The number of carbonyl (C=O) groups excluding carboxylic acids is 1. The fourth-order valence-electron chi connectivity index (χ4n) is 3.95. The molecule has 1 aliphatic carbocycles. The zero-order valence-corrected chi connectivity index (χ0v) is 19.7. The first-order valence-electron chi connectivity index (χ1n) is 10.6. The Bertz CT molecular complexity index is 1240. The van der Waals surface area contributed by atoms with Gasteiger partial charge in [0.05, 0.1) is 10.6 Å². The van der Waals surface area contributed by atoms with Crippen LogP contribution in [0.1, 0.15) is 32.1 Å². The first-order valence-corrected chi connectivity index (χ1v) is 14.2. The predicted molar refractivity (Wildman–Crippen MR) is 122 cm³/mol. The third-order valence-corrected chi connectivity index (χ3v) is 8.08. The van der Waals surface area contributed by atoms with Crippen molar-refractivity contribution in [2.24, 2.45) is 0 Å². The van der Waals surface area contributed by atoms with Crippen LogP contribution in [0.4, 0.5) is 5.69 Å². The Labute approximate surface area is 193 Å². The number of ether oxygens (including phenoxy) is 2. The molecule has 0 radical (unpaired) electrons. The molecule has 2 aromatic carbocycles. The molecule has 0 saturated heterocycles. The summed E-state index contributed by atoms with van der Waals surface area (Å²) in [6.45, 7) is 0. The fraction of sp³-hybridized carbons (Fsp3) is 0.409. The number of nitrogens with one attached hydrogen (secondary N) is 2. The lowest BCUT2D eigenvalue weighted by Crippen LogP contribution is -2.44. The maximum atomic E-state index is 13.0. The van der Waals surface area contributed by atoms with Crippen LogP contribution in [-0.4, -0.2) is 46.6 Å². The molecule has 4 rings (SSSR count). The molecule has 1 saturated carbocycles. The average Bonchev–Trinajstić information content (AvgIpc) is 3.36. The van der Waals surface area contributed by atoms with Gasteiger partial charge in [0.1, 0.15) is 15.9 Å². The lowest BCUT2D eigenvalue weighted by atomic mass is 10.2. The summed E-state index contributed by atoms with van der Waals surface area (Å²) in [6, 6.07) is 11.2. The monoisotopic (exact) mass is 494 g/mol. The largest absolute Gasteiger partial charge is 0.448 e. The van der Waals surface area contributed by atoms with Crippen LogP contribution in [0.3, 0.4) is 0 Å². The maximum absolute atomic E-state index is 13.0. The van der Waals surface area contributed by atoms with Crippen LogP contribution in [0.15, 0.2) is 53.4 Å². The number of sulfonamides is 1. The van der Waals surface area contributed by atoms with E-state index in [4.69, 9.17) is 9.47 Å². The third-order valence-electron chi connectivity index (χ3n) is 5.61. The van der Waals surface area contributed by atoms with E-state index in [1.165, 1.54) is 12.1 Å². The van der Waals surface area contributed by atoms with E-state index in [9.17, 15) is 21.6 Å². The van der Waals surface area contributed by atoms with E-state index >= 15 is 0 Å². The smallest absolute Gasteiger partial charge is 0.251 e. The van der Waals surface area contributed by atoms with E-state index in [0.29, 0.717) is 17.2 Å². The maximum Gasteiger partial charge on any atom is 0.251 e. The zero-order valence-electron chi connectivity index (χ0n) is 18.1. The SMILES string of the molecule is CS(=O)(=O)CCC(NS(=O)(=O)c1ccccc1)C(=O)Nc1ccc2c(c1)OC1(CCCC1)O2. The molecule has 1 aliphatic heterocycles. The van der Waals surface area contributed by atoms with Crippen molar-refractivity contribution < 1.29 is 31.1 Å². The van der Waals surface area contributed by atoms with Crippen LogP contribution in [-0.2, 0) is 24.7 Å². The molecule has 0 aromatic heterocycles. The standard InChI is InChI=1S/C22H26N2O7S2/c1-32(26,27)14-11-18(24-33(28,29)17-7-3-2-4-8-17)21(25)23-16-9-10-19-20(15-16)31-22(30-19)12-5-6-13-22/h2-4,7-10,15,18,24H,5-6,11-14H2,1H3,(H,23,25). The van der Waals surface area contributed by atoms with Crippen LogP contribution in [0.25, 0.3) is 0 Å². The average molecular weight is 495 g/mol. The quantitative estimate of drug-likeness (QED) is 0.577. The first kappa shape index (κ1) is 23.5. The first-order chi connectivity index (χ1) is 15.6. The fourth-order valence-corrected chi connectivity index (χ4v) is 5.86. The molecule has 2 aliphatic rings. The van der Waals surface area contributed by atoms with Gasteiger partial charge in [-0.15, -0.1) is 0 Å². The van der Waals surface area contributed by atoms with Crippen molar-refractivity contribution in [3.8, 4) is 11.5 Å². The lowest BCUT2D eigenvalue weighted by molar-refractivity contribution is -0.117. The van der Waals surface area contributed by atoms with Gasteiger partial charge in [0.15, 0.2) is 11.5 Å². The molecule has 1 heterocycles. The van der Waals surface area contributed by atoms with Gasteiger partial charge in [-0.2, -0.15) is 4.72 Å². The highest BCUT2D eigenvalue weighted by molar-refractivity contribution is 7.90. The van der Waals surface area contributed by atoms with E-state index in [1.807, 2.05) is 0 Å². The number of fused-ring (bicyclic) bond motifs is 1. The van der Waals surface area contributed by atoms with E-state index in [-0.39, 0.29) is 17.1 Å². The summed E-state index contributed by atoms with van der Waals surface area (Å²) in [4.78, 5) is 13.0. The number of hydrogen-bond acceptors (Lipinski definition) is 7. The number of rotatable bonds is 8. The number of amides is 1. The molecular formula is C22H26N2O7S2. The summed E-state index contributed by atoms with van der Waals surface area (Å²) in [7, 11) is -7.46. The summed E-state index contributed by atoms with van der Waals surface area (Å²) >= 11 is 0. The van der Waals surface area contributed by atoms with Gasteiger partial charge >= 0.3 is 0 Å². The molecule has 11 heteroatoms. The summed E-state index contributed by atoms with van der Waals surface area (Å²) in [5, 5.41) is 2.66. The Morgan fingerprint density at radius 1 is 1.00 bits per heavy atom. The van der Waals surface area contributed by atoms with E-state index in [1.54, 1.807) is 36.4 Å². The van der Waals surface area contributed by atoms with Gasteiger partial charge < -0.3 is 14.8 Å². The van der Waals surface area contributed by atoms with Crippen molar-refractivity contribution in [3.05, 3.63) is 48.5 Å². The summed E-state index contributed by atoms with van der Waals surface area (Å²) in [5.41, 5.74) is 0.390. The van der Waals surface area contributed by atoms with Crippen molar-refractivity contribution in [1.29, 1.82) is 0 Å². The van der Waals surface area contributed by atoms with Gasteiger partial charge in [-0.1, -0.05) is 18.2 Å². The van der Waals surface area contributed by atoms with Gasteiger partial charge in [-0.25, -0.2) is 16.8 Å². The van der Waals surface area contributed by atoms with E-state index in [0.717, 1.165) is 31.9 Å². The Morgan fingerprint density at radius 2 is 1.67 bits per heavy atom. The molecule has 9 nitrogen and oxygen atoms in total. The minimum Gasteiger partial charge on any atom is -0.448 e. The van der Waals surface area contributed by atoms with Crippen molar-refractivity contribution in [1.82, 2.24) is 4.72 Å². The van der Waals surface area contributed by atoms with E-state index < -0.39 is 37.6 Å². The molecule has 2 aromatic rings. The van der Waals surface area contributed by atoms with E-state index in [2.05, 4.69) is 10.0 Å². The van der Waals surface area contributed by atoms with Crippen molar-refractivity contribution in [3.63, 3.8) is 0 Å². The van der Waals surface area contributed by atoms with Crippen molar-refractivity contribution in [2.45, 2.75) is 48.8 Å². The highest BCUT2D eigenvalue weighted by Crippen LogP contribution is 2.47. The molecule has 1 amide bonds. The lowest BCUT2D eigenvalue weighted by Gasteiger charge is -2.21. The second kappa shape index (κ2) is 8.96. The van der Waals surface area contributed by atoms with Crippen LogP contribution in [0.5, 0.6) is 11.5 Å². The minimum absolute atomic E-state index is 0.0212. The second-order valence-electron chi connectivity index (χ2n) is 8.38. The zero-order chi connectivity index (χ0) is 23.7. The van der Waals surface area contributed by atoms with Crippen molar-refractivity contribution in [2.75, 3.05) is 17.3 Å². The topological polar surface area (TPSA) is 128 Å². The molecule has 33 heavy (non-hydrogen) atoms. The Balaban J connectivity index is 1.51. The van der Waals surface area contributed by atoms with Crippen LogP contribution in [0, 0.1) is 0 Å². The molecule has 2 N–H and O–H groups in total. The van der Waals surface area contributed by atoms with Gasteiger partial charge in [0.2, 0.25) is 15.9 Å². The second-order valence-corrected chi connectivity index (χ2v) is 12.4. The molecular weight excluding hydrogens is 468 g/mol. The van der Waals surface area contributed by atoms with Crippen LogP contribution in [0.2, 0.25) is 0 Å². The van der Waals surface area contributed by atoms with Crippen LogP contribution >= 0.6 is 0 Å². The molecule has 0 bridgehead atoms. The Hall–Kier alpha value is -2.63. The molecule has 178 valence electrons. The summed E-state index contributed by atoms with van der Waals surface area (Å²) in [6.07, 6.45) is 4.42. The number of hydrogen-bond donors (Lipinski definition) is 2. The number of carbonyl (C=O) groups is 1. The summed E-state index contributed by atoms with van der Waals surface area (Å²) in [5.74, 6) is -0.575. The molecule has 1 spiro atoms. The normalized spacial score (nSPS) is 17.7. The number of sulfone groups is 1. The minimum atomic E-state index is -4.04. The van der Waals surface area contributed by atoms with Gasteiger partial charge in [-0.05, 0) is 43.5 Å². The van der Waals surface area contributed by atoms with Gasteiger partial charge in [0, 0.05) is 30.9 Å². The third kappa shape index (κ3) is 5.66. The van der Waals surface area contributed by atoms with Crippen LogP contribution < -0.4 is 19.5 Å². The Kier molecular flexibility index (Phi) is 6.39. The highest BCUT2D eigenvalue weighted by atomic mass is 32.2. The Morgan fingerprint density at radius 3 is 2.33 bits per heavy atom. The predicted octanol–water partition coefficient (Wildman–Crippen LogP) is 2.45. The molecule has 1 unspecified atom stereocenters. The highest BCUT2D eigenvalue weighted by Gasteiger charge is 2.44. The molecule has 1 fully saturated rings. The number of benzene rings is 2. The van der Waals surface area contributed by atoms with Gasteiger partial charge in [0.25, 0.3) is 5.79 Å². The molecule has 1 atom stereocenters.